The molecule has 2 rings (SSSR count). The zero-order valence-corrected chi connectivity index (χ0v) is 13.7. The average molecular weight is 306 g/mol. The van der Waals surface area contributed by atoms with Crippen LogP contribution in [0.15, 0.2) is 24.3 Å². The number of likely N-dealkylation sites (tertiary alicyclic amines) is 1. The molecule has 0 radical (unpaired) electrons. The topological polar surface area (TPSA) is 42.0 Å². The standard InChI is InChI=1S/C17H26N2O3/c1-18(2)14-8-10-19(11-9-14)12-13-22-16-7-5-4-6-15(16)17(20)21-3/h4-7,14H,8-13H2,1-3H3. The molecular weight excluding hydrogens is 280 g/mol. The lowest BCUT2D eigenvalue weighted by atomic mass is 10.0. The van der Waals surface area contributed by atoms with Crippen LogP contribution in [0.4, 0.5) is 0 Å². The van der Waals surface area contributed by atoms with Gasteiger partial charge in [-0.2, -0.15) is 0 Å². The van der Waals surface area contributed by atoms with Crippen molar-refractivity contribution < 1.29 is 14.3 Å². The lowest BCUT2D eigenvalue weighted by molar-refractivity contribution is 0.0595. The minimum atomic E-state index is -0.359. The number of benzene rings is 1. The van der Waals surface area contributed by atoms with Crippen LogP contribution in [0.25, 0.3) is 0 Å². The number of methoxy groups -OCH3 is 1. The third kappa shape index (κ3) is 4.45. The van der Waals surface area contributed by atoms with Gasteiger partial charge in [0, 0.05) is 12.6 Å². The first kappa shape index (κ1) is 16.8. The van der Waals surface area contributed by atoms with E-state index in [1.165, 1.54) is 20.0 Å². The fourth-order valence-corrected chi connectivity index (χ4v) is 2.82. The van der Waals surface area contributed by atoms with Crippen molar-refractivity contribution in [1.29, 1.82) is 0 Å². The summed E-state index contributed by atoms with van der Waals surface area (Å²) in [5.41, 5.74) is 0.483. The highest BCUT2D eigenvalue weighted by atomic mass is 16.5. The maximum Gasteiger partial charge on any atom is 0.341 e. The van der Waals surface area contributed by atoms with Crippen molar-refractivity contribution in [3.8, 4) is 5.75 Å². The van der Waals surface area contributed by atoms with E-state index in [0.717, 1.165) is 19.6 Å². The molecule has 1 aromatic carbocycles. The van der Waals surface area contributed by atoms with Crippen LogP contribution < -0.4 is 4.74 Å². The van der Waals surface area contributed by atoms with Crippen molar-refractivity contribution in [2.24, 2.45) is 0 Å². The number of carbonyl (C=O) groups excluding carboxylic acids is 1. The normalized spacial score (nSPS) is 16.7. The van der Waals surface area contributed by atoms with Crippen LogP contribution in [-0.2, 0) is 4.74 Å². The Morgan fingerprint density at radius 3 is 2.59 bits per heavy atom. The molecule has 1 saturated heterocycles. The third-order valence-electron chi connectivity index (χ3n) is 4.24. The minimum absolute atomic E-state index is 0.359. The summed E-state index contributed by atoms with van der Waals surface area (Å²) in [5, 5.41) is 0. The molecule has 0 aromatic heterocycles. The minimum Gasteiger partial charge on any atom is -0.491 e. The van der Waals surface area contributed by atoms with Crippen molar-refractivity contribution in [2.75, 3.05) is 47.4 Å². The molecule has 122 valence electrons. The van der Waals surface area contributed by atoms with Gasteiger partial charge in [-0.15, -0.1) is 0 Å². The fraction of sp³-hybridized carbons (Fsp3) is 0.588. The predicted octanol–water partition coefficient (Wildman–Crippen LogP) is 1.88. The summed E-state index contributed by atoms with van der Waals surface area (Å²) in [6, 6.07) is 7.90. The lowest BCUT2D eigenvalue weighted by Gasteiger charge is -2.35. The summed E-state index contributed by atoms with van der Waals surface area (Å²) in [7, 11) is 5.67. The highest BCUT2D eigenvalue weighted by Gasteiger charge is 2.20. The van der Waals surface area contributed by atoms with E-state index in [1.807, 2.05) is 18.2 Å². The molecule has 0 bridgehead atoms. The first-order valence-electron chi connectivity index (χ1n) is 7.80. The molecule has 0 aliphatic carbocycles. The second kappa shape index (κ2) is 8.15. The number of para-hydroxylation sites is 1. The Morgan fingerprint density at radius 1 is 1.27 bits per heavy atom. The number of ether oxygens (including phenoxy) is 2. The summed E-state index contributed by atoms with van der Waals surface area (Å²) < 4.78 is 10.6. The van der Waals surface area contributed by atoms with Crippen molar-refractivity contribution in [1.82, 2.24) is 9.80 Å². The molecule has 0 spiro atoms. The lowest BCUT2D eigenvalue weighted by Crippen LogP contribution is -2.43. The number of hydrogen-bond acceptors (Lipinski definition) is 5. The predicted molar refractivity (Wildman–Crippen MR) is 86.4 cm³/mol. The van der Waals surface area contributed by atoms with E-state index in [4.69, 9.17) is 9.47 Å². The SMILES string of the molecule is COC(=O)c1ccccc1OCCN1CCC(N(C)C)CC1. The molecule has 0 atom stereocenters. The van der Waals surface area contributed by atoms with Gasteiger partial charge in [-0.3, -0.25) is 4.90 Å². The van der Waals surface area contributed by atoms with Crippen LogP contribution in [-0.4, -0.2) is 69.3 Å². The smallest absolute Gasteiger partial charge is 0.341 e. The maximum absolute atomic E-state index is 11.7. The Kier molecular flexibility index (Phi) is 6.21. The number of rotatable bonds is 6. The van der Waals surface area contributed by atoms with Crippen molar-refractivity contribution in [3.05, 3.63) is 29.8 Å². The maximum atomic E-state index is 11.7. The van der Waals surface area contributed by atoms with Gasteiger partial charge in [0.05, 0.1) is 7.11 Å². The van der Waals surface area contributed by atoms with Gasteiger partial charge in [0.15, 0.2) is 0 Å². The molecule has 5 nitrogen and oxygen atoms in total. The van der Waals surface area contributed by atoms with Crippen LogP contribution in [0, 0.1) is 0 Å². The summed E-state index contributed by atoms with van der Waals surface area (Å²) in [6.45, 7) is 3.67. The Bertz CT molecular complexity index is 483. The fourth-order valence-electron chi connectivity index (χ4n) is 2.82. The number of nitrogens with zero attached hydrogens (tertiary/aromatic N) is 2. The molecule has 1 aromatic rings. The van der Waals surface area contributed by atoms with Crippen molar-refractivity contribution in [3.63, 3.8) is 0 Å². The van der Waals surface area contributed by atoms with Gasteiger partial charge < -0.3 is 14.4 Å². The third-order valence-corrected chi connectivity index (χ3v) is 4.24. The van der Waals surface area contributed by atoms with Crippen molar-refractivity contribution in [2.45, 2.75) is 18.9 Å². The first-order valence-corrected chi connectivity index (χ1v) is 7.80. The molecule has 1 aliphatic rings. The molecule has 5 heteroatoms. The van der Waals surface area contributed by atoms with Crippen molar-refractivity contribution >= 4 is 5.97 Å². The van der Waals surface area contributed by atoms with Gasteiger partial charge in [0.2, 0.25) is 0 Å². The van der Waals surface area contributed by atoms with Gasteiger partial charge in [0.25, 0.3) is 0 Å². The number of esters is 1. The number of piperidine rings is 1. The van der Waals surface area contributed by atoms with Gasteiger partial charge in [-0.05, 0) is 52.2 Å². The largest absolute Gasteiger partial charge is 0.491 e. The summed E-state index contributed by atoms with van der Waals surface area (Å²) in [6.07, 6.45) is 2.40. The van der Waals surface area contributed by atoms with E-state index >= 15 is 0 Å². The van der Waals surface area contributed by atoms with E-state index in [1.54, 1.807) is 6.07 Å². The Morgan fingerprint density at radius 2 is 1.95 bits per heavy atom. The monoisotopic (exact) mass is 306 g/mol. The Labute approximate surface area is 132 Å². The molecule has 0 saturated carbocycles. The van der Waals surface area contributed by atoms with E-state index in [2.05, 4.69) is 23.9 Å². The summed E-state index contributed by atoms with van der Waals surface area (Å²) in [5.74, 6) is 0.236. The van der Waals surface area contributed by atoms with Crippen LogP contribution >= 0.6 is 0 Å². The van der Waals surface area contributed by atoms with Crippen LogP contribution in [0.3, 0.4) is 0 Å². The summed E-state index contributed by atoms with van der Waals surface area (Å²) >= 11 is 0. The van der Waals surface area contributed by atoms with Gasteiger partial charge in [-0.25, -0.2) is 4.79 Å². The zero-order valence-electron chi connectivity index (χ0n) is 13.7. The zero-order chi connectivity index (χ0) is 15.9. The quantitative estimate of drug-likeness (QED) is 0.751. The Balaban J connectivity index is 1.79. The second-order valence-electron chi connectivity index (χ2n) is 5.87. The molecule has 22 heavy (non-hydrogen) atoms. The Hall–Kier alpha value is -1.59. The van der Waals surface area contributed by atoms with Gasteiger partial charge in [-0.1, -0.05) is 12.1 Å². The molecule has 1 fully saturated rings. The molecule has 0 amide bonds. The number of hydrogen-bond donors (Lipinski definition) is 0. The molecule has 0 unspecified atom stereocenters. The summed E-state index contributed by atoms with van der Waals surface area (Å²) in [4.78, 5) is 16.4. The first-order chi connectivity index (χ1) is 10.6. The molecule has 1 heterocycles. The van der Waals surface area contributed by atoms with Crippen LogP contribution in [0.1, 0.15) is 23.2 Å². The van der Waals surface area contributed by atoms with Gasteiger partial charge >= 0.3 is 5.97 Å². The highest BCUT2D eigenvalue weighted by Crippen LogP contribution is 2.19. The van der Waals surface area contributed by atoms with E-state index < -0.39 is 0 Å². The average Bonchev–Trinajstić information content (AvgIpc) is 2.55. The van der Waals surface area contributed by atoms with Crippen LogP contribution in [0.5, 0.6) is 5.75 Å². The van der Waals surface area contributed by atoms with E-state index in [-0.39, 0.29) is 5.97 Å². The molecule has 0 N–H and O–H groups in total. The highest BCUT2D eigenvalue weighted by molar-refractivity contribution is 5.92. The van der Waals surface area contributed by atoms with Gasteiger partial charge in [0.1, 0.15) is 17.9 Å². The van der Waals surface area contributed by atoms with E-state index in [9.17, 15) is 4.79 Å². The van der Waals surface area contributed by atoms with Crippen LogP contribution in [0.2, 0.25) is 0 Å². The molecule has 1 aliphatic heterocycles. The second-order valence-corrected chi connectivity index (χ2v) is 5.87. The number of carbonyl (C=O) groups is 1. The van der Waals surface area contributed by atoms with E-state index in [0.29, 0.717) is 24.0 Å². The molecular formula is C17H26N2O3.